The number of aliphatic carboxylic acids is 1. The third-order valence-corrected chi connectivity index (χ3v) is 5.95. The van der Waals surface area contributed by atoms with Crippen molar-refractivity contribution in [2.45, 2.75) is 17.7 Å². The predicted octanol–water partition coefficient (Wildman–Crippen LogP) is 2.33. The highest BCUT2D eigenvalue weighted by molar-refractivity contribution is 7.89. The van der Waals surface area contributed by atoms with E-state index in [4.69, 9.17) is 5.11 Å². The van der Waals surface area contributed by atoms with Crippen molar-refractivity contribution >= 4 is 26.8 Å². The normalized spacial score (nSPS) is 20.1. The molecule has 6 heteroatoms. The van der Waals surface area contributed by atoms with Crippen molar-refractivity contribution in [2.75, 3.05) is 13.1 Å². The molecule has 3 rings (SSSR count). The van der Waals surface area contributed by atoms with Gasteiger partial charge < -0.3 is 5.11 Å². The number of hydrogen-bond acceptors (Lipinski definition) is 3. The Hall–Kier alpha value is -1.92. The first-order valence-corrected chi connectivity index (χ1v) is 8.64. The minimum Gasteiger partial charge on any atom is -0.481 e. The number of carbonyl (C=O) groups is 1. The molecule has 0 amide bonds. The predicted molar refractivity (Wildman–Crippen MR) is 83.1 cm³/mol. The largest absolute Gasteiger partial charge is 0.481 e. The van der Waals surface area contributed by atoms with Crippen molar-refractivity contribution in [3.8, 4) is 0 Å². The van der Waals surface area contributed by atoms with Crippen LogP contribution < -0.4 is 0 Å². The molecule has 5 nitrogen and oxygen atoms in total. The van der Waals surface area contributed by atoms with Gasteiger partial charge in [-0.15, -0.1) is 0 Å². The second-order valence-corrected chi connectivity index (χ2v) is 7.49. The van der Waals surface area contributed by atoms with Gasteiger partial charge in [0.2, 0.25) is 10.0 Å². The van der Waals surface area contributed by atoms with Crippen molar-refractivity contribution in [2.24, 2.45) is 5.92 Å². The lowest BCUT2D eigenvalue weighted by molar-refractivity contribution is -0.142. The fourth-order valence-corrected chi connectivity index (χ4v) is 4.40. The standard InChI is InChI=1S/C16H17NO4S/c18-16(19)14-6-3-9-17(11-14)22(20,21)15-8-7-12-4-1-2-5-13(12)10-15/h1-2,4-5,7-8,10,14H,3,6,9,11H2,(H,18,19)/t14-/m0/s1. The number of carboxylic acid groups (broad SMARTS) is 1. The highest BCUT2D eigenvalue weighted by Crippen LogP contribution is 2.26. The zero-order chi connectivity index (χ0) is 15.7. The molecule has 1 atom stereocenters. The molecule has 0 bridgehead atoms. The van der Waals surface area contributed by atoms with Gasteiger partial charge in [0.25, 0.3) is 0 Å². The van der Waals surface area contributed by atoms with E-state index >= 15 is 0 Å². The Kier molecular flexibility index (Phi) is 3.88. The lowest BCUT2D eigenvalue weighted by atomic mass is 10.0. The van der Waals surface area contributed by atoms with E-state index in [2.05, 4.69) is 0 Å². The van der Waals surface area contributed by atoms with Crippen molar-refractivity contribution in [3.05, 3.63) is 42.5 Å². The van der Waals surface area contributed by atoms with Crippen molar-refractivity contribution in [1.29, 1.82) is 0 Å². The summed E-state index contributed by atoms with van der Waals surface area (Å²) in [5.74, 6) is -1.55. The van der Waals surface area contributed by atoms with Gasteiger partial charge in [0.05, 0.1) is 10.8 Å². The zero-order valence-corrected chi connectivity index (χ0v) is 12.8. The molecule has 0 radical (unpaired) electrons. The SMILES string of the molecule is O=C(O)[C@H]1CCCN(S(=O)(=O)c2ccc3ccccc3c2)C1. The molecule has 1 fully saturated rings. The molecule has 1 saturated heterocycles. The van der Waals surface area contributed by atoms with Crippen LogP contribution in [0.15, 0.2) is 47.4 Å². The highest BCUT2D eigenvalue weighted by Gasteiger charge is 2.33. The van der Waals surface area contributed by atoms with E-state index in [9.17, 15) is 13.2 Å². The third-order valence-electron chi connectivity index (χ3n) is 4.09. The average Bonchev–Trinajstić information content (AvgIpc) is 2.54. The van der Waals surface area contributed by atoms with Gasteiger partial charge in [-0.2, -0.15) is 4.31 Å². The first-order chi connectivity index (χ1) is 10.5. The minimum atomic E-state index is -3.65. The number of nitrogens with zero attached hydrogens (tertiary/aromatic N) is 1. The van der Waals surface area contributed by atoms with Gasteiger partial charge in [-0.1, -0.05) is 30.3 Å². The van der Waals surface area contributed by atoms with Crippen LogP contribution in [0.1, 0.15) is 12.8 Å². The molecule has 22 heavy (non-hydrogen) atoms. The maximum absolute atomic E-state index is 12.7. The van der Waals surface area contributed by atoms with E-state index in [0.29, 0.717) is 19.4 Å². The van der Waals surface area contributed by atoms with Crippen LogP contribution in [0, 0.1) is 5.92 Å². The van der Waals surface area contributed by atoms with Crippen molar-refractivity contribution in [1.82, 2.24) is 4.31 Å². The number of carboxylic acids is 1. The molecule has 0 unspecified atom stereocenters. The second kappa shape index (κ2) is 5.70. The number of rotatable bonds is 3. The lowest BCUT2D eigenvalue weighted by Gasteiger charge is -2.29. The van der Waals surface area contributed by atoms with E-state index in [-0.39, 0.29) is 11.4 Å². The molecule has 1 heterocycles. The minimum absolute atomic E-state index is 0.0461. The summed E-state index contributed by atoms with van der Waals surface area (Å²) in [5, 5.41) is 10.9. The first-order valence-electron chi connectivity index (χ1n) is 7.20. The van der Waals surface area contributed by atoms with Gasteiger partial charge in [0.15, 0.2) is 0 Å². The molecule has 1 aliphatic heterocycles. The molecule has 2 aromatic rings. The summed E-state index contributed by atoms with van der Waals surface area (Å²) in [6.07, 6.45) is 1.10. The lowest BCUT2D eigenvalue weighted by Crippen LogP contribution is -2.42. The van der Waals surface area contributed by atoms with E-state index in [1.165, 1.54) is 4.31 Å². The monoisotopic (exact) mass is 319 g/mol. The van der Waals surface area contributed by atoms with Gasteiger partial charge >= 0.3 is 5.97 Å². The van der Waals surface area contributed by atoms with Gasteiger partial charge in [0, 0.05) is 13.1 Å². The Labute approximate surface area is 129 Å². The number of hydrogen-bond donors (Lipinski definition) is 1. The summed E-state index contributed by atoms with van der Waals surface area (Å²) in [6.45, 7) is 0.420. The number of sulfonamides is 1. The Morgan fingerprint density at radius 3 is 2.59 bits per heavy atom. The maximum atomic E-state index is 12.7. The number of benzene rings is 2. The summed E-state index contributed by atoms with van der Waals surface area (Å²) < 4.78 is 26.8. The zero-order valence-electron chi connectivity index (χ0n) is 12.0. The summed E-state index contributed by atoms with van der Waals surface area (Å²) in [4.78, 5) is 11.3. The van der Waals surface area contributed by atoms with Gasteiger partial charge in [-0.3, -0.25) is 4.79 Å². The molecule has 1 aliphatic rings. The van der Waals surface area contributed by atoms with E-state index in [1.807, 2.05) is 24.3 Å². The van der Waals surface area contributed by atoms with E-state index in [1.54, 1.807) is 18.2 Å². The van der Waals surface area contributed by atoms with Gasteiger partial charge in [-0.05, 0) is 35.7 Å². The number of fused-ring (bicyclic) bond motifs is 1. The average molecular weight is 319 g/mol. The van der Waals surface area contributed by atoms with Crippen LogP contribution in [-0.2, 0) is 14.8 Å². The van der Waals surface area contributed by atoms with E-state index in [0.717, 1.165) is 10.8 Å². The topological polar surface area (TPSA) is 74.7 Å². The Balaban J connectivity index is 1.95. The molecule has 0 aliphatic carbocycles. The van der Waals surface area contributed by atoms with Crippen LogP contribution >= 0.6 is 0 Å². The fourth-order valence-electron chi connectivity index (χ4n) is 2.84. The smallest absolute Gasteiger partial charge is 0.307 e. The molecule has 0 aromatic heterocycles. The molecule has 0 spiro atoms. The van der Waals surface area contributed by atoms with Crippen LogP contribution in [-0.4, -0.2) is 36.9 Å². The van der Waals surface area contributed by atoms with Gasteiger partial charge in [-0.25, -0.2) is 8.42 Å². The Morgan fingerprint density at radius 2 is 1.86 bits per heavy atom. The van der Waals surface area contributed by atoms with Crippen LogP contribution in [0.25, 0.3) is 10.8 Å². The van der Waals surface area contributed by atoms with Crippen LogP contribution in [0.4, 0.5) is 0 Å². The fraction of sp³-hybridized carbons (Fsp3) is 0.312. The first kappa shape index (κ1) is 15.0. The van der Waals surface area contributed by atoms with Crippen LogP contribution in [0.2, 0.25) is 0 Å². The summed E-state index contributed by atoms with van der Waals surface area (Å²) in [5.41, 5.74) is 0. The number of piperidine rings is 1. The van der Waals surface area contributed by atoms with Crippen molar-refractivity contribution in [3.63, 3.8) is 0 Å². The quantitative estimate of drug-likeness (QED) is 0.942. The molecule has 2 aromatic carbocycles. The third kappa shape index (κ3) is 2.71. The van der Waals surface area contributed by atoms with Crippen LogP contribution in [0.3, 0.4) is 0 Å². The molecule has 1 N–H and O–H groups in total. The van der Waals surface area contributed by atoms with E-state index < -0.39 is 21.9 Å². The molecular formula is C16H17NO4S. The van der Waals surface area contributed by atoms with Crippen molar-refractivity contribution < 1.29 is 18.3 Å². The summed E-state index contributed by atoms with van der Waals surface area (Å²) >= 11 is 0. The Morgan fingerprint density at radius 1 is 1.14 bits per heavy atom. The van der Waals surface area contributed by atoms with Crippen LogP contribution in [0.5, 0.6) is 0 Å². The highest BCUT2D eigenvalue weighted by atomic mass is 32.2. The molecule has 0 saturated carbocycles. The van der Waals surface area contributed by atoms with Gasteiger partial charge in [0.1, 0.15) is 0 Å². The Bertz CT molecular complexity index is 816. The molecular weight excluding hydrogens is 302 g/mol. The second-order valence-electron chi connectivity index (χ2n) is 5.55. The molecule has 116 valence electrons. The summed E-state index contributed by atoms with van der Waals surface area (Å²) in [6, 6.07) is 12.6. The maximum Gasteiger partial charge on any atom is 0.307 e. The summed E-state index contributed by atoms with van der Waals surface area (Å²) in [7, 11) is -3.65.